The van der Waals surface area contributed by atoms with E-state index in [1.807, 2.05) is 49.5 Å². The Balaban J connectivity index is 1.87. The average molecular weight is 297 g/mol. The molecule has 0 atom stereocenters. The van der Waals surface area contributed by atoms with Crippen LogP contribution in [-0.2, 0) is 13.1 Å². The zero-order chi connectivity index (χ0) is 15.8. The molecule has 0 unspecified atom stereocenters. The lowest BCUT2D eigenvalue weighted by Crippen LogP contribution is -2.36. The molecule has 22 heavy (non-hydrogen) atoms. The summed E-state index contributed by atoms with van der Waals surface area (Å²) >= 11 is 0. The minimum atomic E-state index is 0.706. The third-order valence-corrected chi connectivity index (χ3v) is 3.25. The number of anilines is 1. The second kappa shape index (κ2) is 8.02. The van der Waals surface area contributed by atoms with Gasteiger partial charge in [-0.25, -0.2) is 4.98 Å². The number of hydrogen-bond acceptors (Lipinski definition) is 3. The van der Waals surface area contributed by atoms with Gasteiger partial charge in [0.1, 0.15) is 5.82 Å². The molecule has 0 amide bonds. The topological polar surface area (TPSA) is 52.6 Å². The van der Waals surface area contributed by atoms with Crippen molar-refractivity contribution in [2.24, 2.45) is 4.99 Å². The van der Waals surface area contributed by atoms with E-state index in [0.29, 0.717) is 6.54 Å². The molecule has 2 N–H and O–H groups in total. The van der Waals surface area contributed by atoms with E-state index in [4.69, 9.17) is 0 Å². The highest BCUT2D eigenvalue weighted by atomic mass is 15.2. The quantitative estimate of drug-likeness (QED) is 0.655. The average Bonchev–Trinajstić information content (AvgIpc) is 2.56. The highest BCUT2D eigenvalue weighted by Crippen LogP contribution is 2.09. The normalized spacial score (nSPS) is 11.1. The smallest absolute Gasteiger partial charge is 0.191 e. The van der Waals surface area contributed by atoms with Crippen LogP contribution in [0.1, 0.15) is 11.1 Å². The van der Waals surface area contributed by atoms with E-state index in [2.05, 4.69) is 38.8 Å². The first-order valence-corrected chi connectivity index (χ1v) is 7.29. The van der Waals surface area contributed by atoms with Crippen LogP contribution in [0.2, 0.25) is 0 Å². The van der Waals surface area contributed by atoms with Gasteiger partial charge in [-0.05, 0) is 23.3 Å². The van der Waals surface area contributed by atoms with Crippen LogP contribution in [0, 0.1) is 0 Å². The van der Waals surface area contributed by atoms with Crippen LogP contribution in [-0.4, -0.2) is 32.1 Å². The van der Waals surface area contributed by atoms with Crippen molar-refractivity contribution in [1.82, 2.24) is 15.6 Å². The number of aromatic nitrogens is 1. The van der Waals surface area contributed by atoms with Gasteiger partial charge < -0.3 is 15.5 Å². The van der Waals surface area contributed by atoms with Crippen LogP contribution in [0.3, 0.4) is 0 Å². The summed E-state index contributed by atoms with van der Waals surface area (Å²) in [5.74, 6) is 1.73. The van der Waals surface area contributed by atoms with Gasteiger partial charge in [-0.15, -0.1) is 0 Å². The van der Waals surface area contributed by atoms with Crippen molar-refractivity contribution in [2.75, 3.05) is 26.0 Å². The zero-order valence-corrected chi connectivity index (χ0v) is 13.4. The molecule has 0 bridgehead atoms. The van der Waals surface area contributed by atoms with Gasteiger partial charge in [0.15, 0.2) is 5.96 Å². The van der Waals surface area contributed by atoms with E-state index in [1.165, 1.54) is 11.1 Å². The molecule has 0 radical (unpaired) electrons. The van der Waals surface area contributed by atoms with Crippen molar-refractivity contribution in [3.8, 4) is 0 Å². The largest absolute Gasteiger partial charge is 0.363 e. The van der Waals surface area contributed by atoms with Crippen LogP contribution < -0.4 is 15.5 Å². The maximum atomic E-state index is 4.31. The van der Waals surface area contributed by atoms with Crippen molar-refractivity contribution in [1.29, 1.82) is 0 Å². The fourth-order valence-corrected chi connectivity index (χ4v) is 2.00. The summed E-state index contributed by atoms with van der Waals surface area (Å²) in [5.41, 5.74) is 2.39. The van der Waals surface area contributed by atoms with Crippen LogP contribution >= 0.6 is 0 Å². The number of pyridine rings is 1. The Labute approximate surface area is 132 Å². The van der Waals surface area contributed by atoms with Crippen molar-refractivity contribution in [3.05, 3.63) is 59.8 Å². The first kappa shape index (κ1) is 15.8. The molecule has 2 rings (SSSR count). The summed E-state index contributed by atoms with van der Waals surface area (Å²) in [6.07, 6.45) is 1.83. The fraction of sp³-hybridized carbons (Fsp3) is 0.294. The Morgan fingerprint density at radius 1 is 1.05 bits per heavy atom. The highest BCUT2D eigenvalue weighted by Gasteiger charge is 2.01. The zero-order valence-electron chi connectivity index (χ0n) is 13.4. The molecule has 5 nitrogen and oxygen atoms in total. The number of aliphatic imine (C=N–C) groups is 1. The number of hydrogen-bond donors (Lipinski definition) is 2. The second-order valence-corrected chi connectivity index (χ2v) is 5.18. The lowest BCUT2D eigenvalue weighted by Gasteiger charge is -2.14. The molecular weight excluding hydrogens is 274 g/mol. The van der Waals surface area contributed by atoms with E-state index in [-0.39, 0.29) is 0 Å². The minimum absolute atomic E-state index is 0.706. The Kier molecular flexibility index (Phi) is 5.77. The highest BCUT2D eigenvalue weighted by molar-refractivity contribution is 5.79. The van der Waals surface area contributed by atoms with Crippen molar-refractivity contribution in [3.63, 3.8) is 0 Å². The van der Waals surface area contributed by atoms with Gasteiger partial charge in [-0.2, -0.15) is 0 Å². The van der Waals surface area contributed by atoms with Gasteiger partial charge >= 0.3 is 0 Å². The Hall–Kier alpha value is -2.56. The van der Waals surface area contributed by atoms with Gasteiger partial charge in [-0.1, -0.05) is 30.3 Å². The maximum absolute atomic E-state index is 4.31. The van der Waals surface area contributed by atoms with E-state index in [0.717, 1.165) is 18.3 Å². The molecule has 1 aromatic heterocycles. The SMILES string of the molecule is CN=C(NCc1ccccc1)NCc1ccnc(N(C)C)c1. The predicted octanol–water partition coefficient (Wildman–Crippen LogP) is 2.01. The number of nitrogens with one attached hydrogen (secondary N) is 2. The number of benzene rings is 1. The summed E-state index contributed by atoms with van der Waals surface area (Å²) in [6.45, 7) is 1.46. The third kappa shape index (κ3) is 4.77. The first-order valence-electron chi connectivity index (χ1n) is 7.29. The Bertz CT molecular complexity index is 607. The second-order valence-electron chi connectivity index (χ2n) is 5.18. The monoisotopic (exact) mass is 297 g/mol. The van der Waals surface area contributed by atoms with Gasteiger partial charge in [0.2, 0.25) is 0 Å². The van der Waals surface area contributed by atoms with Crippen LogP contribution in [0.4, 0.5) is 5.82 Å². The van der Waals surface area contributed by atoms with Gasteiger partial charge in [0, 0.05) is 40.4 Å². The molecule has 0 saturated carbocycles. The van der Waals surface area contributed by atoms with Gasteiger partial charge in [0.25, 0.3) is 0 Å². The molecule has 1 heterocycles. The first-order chi connectivity index (χ1) is 10.7. The summed E-state index contributed by atoms with van der Waals surface area (Å²) in [6, 6.07) is 14.3. The molecule has 0 spiro atoms. The molecule has 5 heteroatoms. The Morgan fingerprint density at radius 2 is 1.73 bits per heavy atom. The minimum Gasteiger partial charge on any atom is -0.363 e. The summed E-state index contributed by atoms with van der Waals surface area (Å²) in [5, 5.41) is 6.62. The van der Waals surface area contributed by atoms with E-state index in [9.17, 15) is 0 Å². The van der Waals surface area contributed by atoms with Crippen molar-refractivity contribution >= 4 is 11.8 Å². The summed E-state index contributed by atoms with van der Waals surface area (Å²) in [7, 11) is 5.75. The molecule has 2 aromatic rings. The molecule has 1 aromatic carbocycles. The van der Waals surface area contributed by atoms with E-state index in [1.54, 1.807) is 7.05 Å². The van der Waals surface area contributed by atoms with Crippen molar-refractivity contribution in [2.45, 2.75) is 13.1 Å². The lowest BCUT2D eigenvalue weighted by atomic mass is 10.2. The van der Waals surface area contributed by atoms with Gasteiger partial charge in [0.05, 0.1) is 0 Å². The van der Waals surface area contributed by atoms with Crippen LogP contribution in [0.15, 0.2) is 53.7 Å². The Morgan fingerprint density at radius 3 is 2.36 bits per heavy atom. The lowest BCUT2D eigenvalue weighted by molar-refractivity contribution is 0.807. The summed E-state index contributed by atoms with van der Waals surface area (Å²) in [4.78, 5) is 10.6. The predicted molar refractivity (Wildman–Crippen MR) is 92.0 cm³/mol. The van der Waals surface area contributed by atoms with E-state index < -0.39 is 0 Å². The summed E-state index contributed by atoms with van der Waals surface area (Å²) < 4.78 is 0. The van der Waals surface area contributed by atoms with Crippen LogP contribution in [0.5, 0.6) is 0 Å². The fourth-order valence-electron chi connectivity index (χ4n) is 2.00. The standard InChI is InChI=1S/C17H23N5/c1-18-17(20-12-14-7-5-4-6-8-14)21-13-15-9-10-19-16(11-15)22(2)3/h4-11H,12-13H2,1-3H3,(H2,18,20,21). The molecule has 0 aliphatic heterocycles. The number of rotatable bonds is 5. The number of nitrogens with zero attached hydrogens (tertiary/aromatic N) is 3. The molecule has 0 saturated heterocycles. The third-order valence-electron chi connectivity index (χ3n) is 3.25. The molecular formula is C17H23N5. The van der Waals surface area contributed by atoms with Crippen LogP contribution in [0.25, 0.3) is 0 Å². The molecule has 116 valence electrons. The molecule has 0 aliphatic carbocycles. The van der Waals surface area contributed by atoms with Gasteiger partial charge in [-0.3, -0.25) is 4.99 Å². The van der Waals surface area contributed by atoms with E-state index >= 15 is 0 Å². The maximum Gasteiger partial charge on any atom is 0.191 e. The molecule has 0 fully saturated rings. The van der Waals surface area contributed by atoms with Crippen molar-refractivity contribution < 1.29 is 0 Å². The molecule has 0 aliphatic rings. The number of guanidine groups is 1.